The summed E-state index contributed by atoms with van der Waals surface area (Å²) in [6.45, 7) is 2.65. The first-order valence-corrected chi connectivity index (χ1v) is 6.90. The van der Waals surface area contributed by atoms with Crippen molar-refractivity contribution in [3.05, 3.63) is 23.8 Å². The molecule has 1 aromatic rings. The Balaban J connectivity index is 3.12. The smallest absolute Gasteiger partial charge is 0.244 e. The van der Waals surface area contributed by atoms with Crippen molar-refractivity contribution in [3.63, 3.8) is 0 Å². The minimum absolute atomic E-state index is 0.144. The summed E-state index contributed by atoms with van der Waals surface area (Å²) in [7, 11) is -2.07. The number of benzene rings is 1. The van der Waals surface area contributed by atoms with Crippen LogP contribution < -0.4 is 15.2 Å². The highest BCUT2D eigenvalue weighted by molar-refractivity contribution is 7.89. The third-order valence-corrected chi connectivity index (χ3v) is 3.80. The van der Waals surface area contributed by atoms with E-state index in [1.165, 1.54) is 13.2 Å². The topological polar surface area (TPSA) is 81.4 Å². The largest absolute Gasteiger partial charge is 0.495 e. The molecular formula is C11H18N2O3S. The van der Waals surface area contributed by atoms with Crippen molar-refractivity contribution < 1.29 is 13.2 Å². The molecule has 0 aliphatic heterocycles. The zero-order valence-corrected chi connectivity index (χ0v) is 10.9. The minimum Gasteiger partial charge on any atom is -0.495 e. The number of methoxy groups -OCH3 is 1. The van der Waals surface area contributed by atoms with Gasteiger partial charge in [0.2, 0.25) is 10.0 Å². The van der Waals surface area contributed by atoms with E-state index in [4.69, 9.17) is 10.5 Å². The Morgan fingerprint density at radius 1 is 1.41 bits per heavy atom. The average Bonchev–Trinajstić information content (AvgIpc) is 2.35. The highest BCUT2D eigenvalue weighted by atomic mass is 32.2. The van der Waals surface area contributed by atoms with E-state index >= 15 is 0 Å². The molecule has 3 N–H and O–H groups in total. The molecule has 5 nitrogen and oxygen atoms in total. The molecule has 0 saturated heterocycles. The second-order valence-corrected chi connectivity index (χ2v) is 5.32. The molecule has 0 atom stereocenters. The van der Waals surface area contributed by atoms with E-state index in [0.717, 1.165) is 12.0 Å². The Bertz CT molecular complexity index is 472. The van der Waals surface area contributed by atoms with Crippen LogP contribution in [0.25, 0.3) is 0 Å². The van der Waals surface area contributed by atoms with Gasteiger partial charge in [-0.15, -0.1) is 0 Å². The van der Waals surface area contributed by atoms with E-state index in [1.807, 2.05) is 6.92 Å². The number of nitrogens with two attached hydrogens (primary N) is 1. The quantitative estimate of drug-likeness (QED) is 0.792. The number of sulfonamides is 1. The SMILES string of the molecule is CCCNS(=O)(=O)c1ccc(CN)cc1OC. The third-order valence-electron chi connectivity index (χ3n) is 2.30. The van der Waals surface area contributed by atoms with Crippen molar-refractivity contribution >= 4 is 10.0 Å². The first-order valence-electron chi connectivity index (χ1n) is 5.41. The fourth-order valence-corrected chi connectivity index (χ4v) is 2.66. The fourth-order valence-electron chi connectivity index (χ4n) is 1.38. The van der Waals surface area contributed by atoms with Crippen LogP contribution >= 0.6 is 0 Å². The van der Waals surface area contributed by atoms with E-state index in [2.05, 4.69) is 4.72 Å². The monoisotopic (exact) mass is 258 g/mol. The lowest BCUT2D eigenvalue weighted by molar-refractivity contribution is 0.401. The molecule has 17 heavy (non-hydrogen) atoms. The van der Waals surface area contributed by atoms with Gasteiger partial charge in [-0.2, -0.15) is 0 Å². The lowest BCUT2D eigenvalue weighted by atomic mass is 10.2. The Labute approximate surface area is 102 Å². The van der Waals surface area contributed by atoms with Crippen LogP contribution in [-0.2, 0) is 16.6 Å². The standard InChI is InChI=1S/C11H18N2O3S/c1-3-6-13-17(14,15)11-5-4-9(8-12)7-10(11)16-2/h4-5,7,13H,3,6,8,12H2,1-2H3. The van der Waals surface area contributed by atoms with Crippen molar-refractivity contribution in [3.8, 4) is 5.75 Å². The van der Waals surface area contributed by atoms with Crippen LogP contribution in [0.1, 0.15) is 18.9 Å². The van der Waals surface area contributed by atoms with Gasteiger partial charge < -0.3 is 10.5 Å². The summed E-state index contributed by atoms with van der Waals surface area (Å²) in [6.07, 6.45) is 0.739. The van der Waals surface area contributed by atoms with Crippen LogP contribution in [0.4, 0.5) is 0 Å². The number of ether oxygens (including phenoxy) is 1. The van der Waals surface area contributed by atoms with E-state index in [-0.39, 0.29) is 4.90 Å². The molecule has 0 amide bonds. The summed E-state index contributed by atoms with van der Waals surface area (Å²) in [6, 6.07) is 4.84. The van der Waals surface area contributed by atoms with Crippen molar-refractivity contribution in [2.24, 2.45) is 5.73 Å². The van der Waals surface area contributed by atoms with Gasteiger partial charge in [-0.3, -0.25) is 0 Å². The van der Waals surface area contributed by atoms with Gasteiger partial charge in [0.25, 0.3) is 0 Å². The molecule has 0 spiro atoms. The van der Waals surface area contributed by atoms with Gasteiger partial charge in [0.15, 0.2) is 0 Å². The van der Waals surface area contributed by atoms with Crippen LogP contribution in [0.2, 0.25) is 0 Å². The number of hydrogen-bond acceptors (Lipinski definition) is 4. The van der Waals surface area contributed by atoms with Crippen molar-refractivity contribution in [1.29, 1.82) is 0 Å². The highest BCUT2D eigenvalue weighted by Crippen LogP contribution is 2.24. The second-order valence-electron chi connectivity index (χ2n) is 3.59. The van der Waals surface area contributed by atoms with Gasteiger partial charge in [0, 0.05) is 13.1 Å². The average molecular weight is 258 g/mol. The van der Waals surface area contributed by atoms with Crippen molar-refractivity contribution in [2.45, 2.75) is 24.8 Å². The normalized spacial score (nSPS) is 11.5. The maximum absolute atomic E-state index is 11.9. The zero-order chi connectivity index (χ0) is 12.9. The highest BCUT2D eigenvalue weighted by Gasteiger charge is 2.18. The molecular weight excluding hydrogens is 240 g/mol. The molecule has 0 saturated carbocycles. The van der Waals surface area contributed by atoms with E-state index in [0.29, 0.717) is 18.8 Å². The molecule has 0 unspecified atom stereocenters. The number of hydrogen-bond donors (Lipinski definition) is 2. The predicted octanol–water partition coefficient (Wildman–Crippen LogP) is 0.842. The van der Waals surface area contributed by atoms with Crippen molar-refractivity contribution in [1.82, 2.24) is 4.72 Å². The Kier molecular flexibility index (Phi) is 4.92. The Hall–Kier alpha value is -1.11. The summed E-state index contributed by atoms with van der Waals surface area (Å²) in [5.41, 5.74) is 6.32. The molecule has 1 aromatic carbocycles. The summed E-state index contributed by atoms with van der Waals surface area (Å²) < 4.78 is 31.5. The lowest BCUT2D eigenvalue weighted by Gasteiger charge is -2.11. The summed E-state index contributed by atoms with van der Waals surface area (Å²) in [4.78, 5) is 0.144. The molecule has 96 valence electrons. The van der Waals surface area contributed by atoms with Gasteiger partial charge in [0.05, 0.1) is 7.11 Å². The van der Waals surface area contributed by atoms with E-state index in [9.17, 15) is 8.42 Å². The van der Waals surface area contributed by atoms with E-state index < -0.39 is 10.0 Å². The number of nitrogens with one attached hydrogen (secondary N) is 1. The molecule has 1 rings (SSSR count). The minimum atomic E-state index is -3.51. The molecule has 0 fully saturated rings. The summed E-state index contributed by atoms with van der Waals surface area (Å²) in [5.74, 6) is 0.316. The van der Waals surface area contributed by atoms with Crippen LogP contribution in [0.15, 0.2) is 23.1 Å². The van der Waals surface area contributed by atoms with Crippen LogP contribution in [0.3, 0.4) is 0 Å². The Morgan fingerprint density at radius 2 is 2.12 bits per heavy atom. The van der Waals surface area contributed by atoms with Gasteiger partial charge in [-0.1, -0.05) is 13.0 Å². The predicted molar refractivity (Wildman–Crippen MR) is 66.4 cm³/mol. The van der Waals surface area contributed by atoms with Gasteiger partial charge in [0.1, 0.15) is 10.6 Å². The molecule has 0 heterocycles. The summed E-state index contributed by atoms with van der Waals surface area (Å²) >= 11 is 0. The second kappa shape index (κ2) is 6.00. The first-order chi connectivity index (χ1) is 8.05. The maximum Gasteiger partial charge on any atom is 0.244 e. The van der Waals surface area contributed by atoms with Crippen LogP contribution in [0, 0.1) is 0 Å². The van der Waals surface area contributed by atoms with Crippen molar-refractivity contribution in [2.75, 3.05) is 13.7 Å². The van der Waals surface area contributed by atoms with Gasteiger partial charge in [-0.25, -0.2) is 13.1 Å². The molecule has 6 heteroatoms. The molecule has 0 aliphatic rings. The third kappa shape index (κ3) is 3.42. The lowest BCUT2D eigenvalue weighted by Crippen LogP contribution is -2.24. The number of rotatable bonds is 6. The summed E-state index contributed by atoms with van der Waals surface area (Å²) in [5, 5.41) is 0. The van der Waals surface area contributed by atoms with Crippen LogP contribution in [-0.4, -0.2) is 22.1 Å². The van der Waals surface area contributed by atoms with Gasteiger partial charge >= 0.3 is 0 Å². The molecule has 0 aliphatic carbocycles. The molecule has 0 aromatic heterocycles. The van der Waals surface area contributed by atoms with Gasteiger partial charge in [-0.05, 0) is 24.1 Å². The molecule has 0 bridgehead atoms. The fraction of sp³-hybridized carbons (Fsp3) is 0.455. The zero-order valence-electron chi connectivity index (χ0n) is 10.1. The molecule has 0 radical (unpaired) electrons. The van der Waals surface area contributed by atoms with E-state index in [1.54, 1.807) is 12.1 Å². The first kappa shape index (κ1) is 14.0. The van der Waals surface area contributed by atoms with Crippen LogP contribution in [0.5, 0.6) is 5.75 Å². The maximum atomic E-state index is 11.9. The Morgan fingerprint density at radius 3 is 2.65 bits per heavy atom.